The van der Waals surface area contributed by atoms with Crippen LogP contribution in [0.5, 0.6) is 0 Å². The molecule has 0 aromatic rings. The minimum Gasteiger partial charge on any atom is -0.330 e. The third-order valence-corrected chi connectivity index (χ3v) is 2.71. The molecule has 0 aromatic heterocycles. The van der Waals surface area contributed by atoms with Crippen LogP contribution in [0.3, 0.4) is 0 Å². The summed E-state index contributed by atoms with van der Waals surface area (Å²) in [5, 5.41) is 0. The Balaban J connectivity index is 2.58. The highest BCUT2D eigenvalue weighted by molar-refractivity contribution is 5.20. The number of hydrogen-bond acceptors (Lipinski definition) is 1. The van der Waals surface area contributed by atoms with Crippen LogP contribution in [0, 0.1) is 11.3 Å². The van der Waals surface area contributed by atoms with E-state index >= 15 is 0 Å². The molecular weight excluding hydrogens is 110 g/mol. The summed E-state index contributed by atoms with van der Waals surface area (Å²) in [6.07, 6.45) is 1.14. The predicted octanol–water partition coefficient (Wildman–Crippen LogP) is 1.55. The zero-order valence-corrected chi connectivity index (χ0v) is 6.28. The van der Waals surface area contributed by atoms with Crippen molar-refractivity contribution in [2.45, 2.75) is 20.3 Å². The van der Waals surface area contributed by atoms with Crippen molar-refractivity contribution >= 4 is 0 Å². The van der Waals surface area contributed by atoms with E-state index in [9.17, 15) is 0 Å². The van der Waals surface area contributed by atoms with Gasteiger partial charge in [-0.2, -0.15) is 0 Å². The second kappa shape index (κ2) is 1.84. The molecule has 1 nitrogen and oxygen atoms in total. The Morgan fingerprint density at radius 3 is 2.44 bits per heavy atom. The van der Waals surface area contributed by atoms with Crippen molar-refractivity contribution in [3.8, 4) is 0 Å². The van der Waals surface area contributed by atoms with Gasteiger partial charge >= 0.3 is 0 Å². The highest BCUT2D eigenvalue weighted by Gasteiger charge is 2.40. The first kappa shape index (κ1) is 6.81. The minimum absolute atomic E-state index is 0.328. The van der Waals surface area contributed by atoms with Crippen LogP contribution in [-0.4, -0.2) is 6.54 Å². The van der Waals surface area contributed by atoms with E-state index in [1.807, 2.05) is 0 Å². The Bertz CT molecular complexity index is 136. The molecule has 1 atom stereocenters. The molecule has 1 aliphatic carbocycles. The van der Waals surface area contributed by atoms with Crippen molar-refractivity contribution in [1.29, 1.82) is 0 Å². The molecule has 0 radical (unpaired) electrons. The fraction of sp³-hybridized carbons (Fsp3) is 0.750. The average Bonchev–Trinajstić information content (AvgIpc) is 1.82. The van der Waals surface area contributed by atoms with E-state index in [4.69, 9.17) is 5.73 Å². The molecule has 0 heterocycles. The normalized spacial score (nSPS) is 31.9. The Morgan fingerprint density at radius 1 is 1.78 bits per heavy atom. The van der Waals surface area contributed by atoms with Crippen LogP contribution >= 0.6 is 0 Å². The lowest BCUT2D eigenvalue weighted by Crippen LogP contribution is -2.41. The Labute approximate surface area is 56.9 Å². The molecular formula is C8H15N. The van der Waals surface area contributed by atoms with Gasteiger partial charge in [0.2, 0.25) is 0 Å². The number of allylic oxidation sites excluding steroid dienone is 1. The molecule has 0 spiro atoms. The van der Waals surface area contributed by atoms with Crippen molar-refractivity contribution in [2.24, 2.45) is 17.1 Å². The van der Waals surface area contributed by atoms with Gasteiger partial charge in [0, 0.05) is 0 Å². The summed E-state index contributed by atoms with van der Waals surface area (Å²) in [6.45, 7) is 9.20. The Morgan fingerprint density at radius 2 is 2.33 bits per heavy atom. The van der Waals surface area contributed by atoms with Crippen molar-refractivity contribution in [2.75, 3.05) is 6.54 Å². The average molecular weight is 125 g/mol. The first-order valence-electron chi connectivity index (χ1n) is 3.47. The summed E-state index contributed by atoms with van der Waals surface area (Å²) < 4.78 is 0. The molecule has 52 valence electrons. The van der Waals surface area contributed by atoms with E-state index in [2.05, 4.69) is 20.4 Å². The number of hydrogen-bond donors (Lipinski definition) is 1. The van der Waals surface area contributed by atoms with Gasteiger partial charge in [-0.3, -0.25) is 0 Å². The van der Waals surface area contributed by atoms with Crippen LogP contribution in [-0.2, 0) is 0 Å². The van der Waals surface area contributed by atoms with E-state index in [1.54, 1.807) is 0 Å². The summed E-state index contributed by atoms with van der Waals surface area (Å²) >= 11 is 0. The first-order valence-corrected chi connectivity index (χ1v) is 3.47. The maximum Gasteiger partial charge on any atom is -0.00376 e. The van der Waals surface area contributed by atoms with Crippen molar-refractivity contribution in [3.05, 3.63) is 12.2 Å². The zero-order chi connectivity index (χ0) is 7.07. The molecule has 0 amide bonds. The fourth-order valence-electron chi connectivity index (χ4n) is 1.35. The molecule has 1 fully saturated rings. The molecule has 0 aliphatic heterocycles. The van der Waals surface area contributed by atoms with Gasteiger partial charge in [-0.25, -0.2) is 0 Å². The second-order valence-electron chi connectivity index (χ2n) is 3.46. The van der Waals surface area contributed by atoms with Gasteiger partial charge in [-0.05, 0) is 24.3 Å². The largest absolute Gasteiger partial charge is 0.330 e. The van der Waals surface area contributed by atoms with Gasteiger partial charge in [0.05, 0.1) is 0 Å². The van der Waals surface area contributed by atoms with Crippen LogP contribution in [0.15, 0.2) is 12.2 Å². The quantitative estimate of drug-likeness (QED) is 0.529. The third kappa shape index (κ3) is 0.799. The summed E-state index contributed by atoms with van der Waals surface area (Å²) in [5.74, 6) is 0.685. The van der Waals surface area contributed by atoms with Gasteiger partial charge in [0.25, 0.3) is 0 Å². The summed E-state index contributed by atoms with van der Waals surface area (Å²) in [5.41, 5.74) is 7.22. The maximum absolute atomic E-state index is 5.53. The molecule has 0 saturated heterocycles. The molecule has 9 heavy (non-hydrogen) atoms. The smallest absolute Gasteiger partial charge is 0.00376 e. The maximum atomic E-state index is 5.53. The van der Waals surface area contributed by atoms with E-state index < -0.39 is 0 Å². The van der Waals surface area contributed by atoms with Gasteiger partial charge in [-0.1, -0.05) is 26.0 Å². The summed E-state index contributed by atoms with van der Waals surface area (Å²) in [7, 11) is 0. The summed E-state index contributed by atoms with van der Waals surface area (Å²) in [6, 6.07) is 0. The van der Waals surface area contributed by atoms with Crippen LogP contribution in [0.4, 0.5) is 0 Å². The number of nitrogens with two attached hydrogens (primary N) is 1. The van der Waals surface area contributed by atoms with Crippen LogP contribution < -0.4 is 5.73 Å². The van der Waals surface area contributed by atoms with Crippen LogP contribution in [0.25, 0.3) is 0 Å². The molecule has 1 rings (SSSR count). The predicted molar refractivity (Wildman–Crippen MR) is 40.1 cm³/mol. The minimum atomic E-state index is 0.328. The third-order valence-electron chi connectivity index (χ3n) is 2.71. The van der Waals surface area contributed by atoms with Crippen LogP contribution in [0.2, 0.25) is 0 Å². The molecule has 1 unspecified atom stereocenters. The van der Waals surface area contributed by atoms with E-state index in [-0.39, 0.29) is 0 Å². The molecule has 1 heteroatoms. The van der Waals surface area contributed by atoms with Crippen molar-refractivity contribution in [1.82, 2.24) is 0 Å². The molecule has 0 bridgehead atoms. The highest BCUT2D eigenvalue weighted by atomic mass is 14.6. The van der Waals surface area contributed by atoms with E-state index in [1.165, 1.54) is 5.57 Å². The van der Waals surface area contributed by atoms with E-state index in [0.29, 0.717) is 11.3 Å². The summed E-state index contributed by atoms with van der Waals surface area (Å²) in [4.78, 5) is 0. The lowest BCUT2D eigenvalue weighted by molar-refractivity contribution is 0.175. The molecule has 0 aromatic carbocycles. The van der Waals surface area contributed by atoms with E-state index in [0.717, 1.165) is 13.0 Å². The van der Waals surface area contributed by atoms with Crippen LogP contribution in [0.1, 0.15) is 20.3 Å². The van der Waals surface area contributed by atoms with Gasteiger partial charge in [0.15, 0.2) is 0 Å². The second-order valence-corrected chi connectivity index (χ2v) is 3.46. The Kier molecular flexibility index (Phi) is 1.39. The zero-order valence-electron chi connectivity index (χ0n) is 6.28. The standard InChI is InChI=1S/C8H15N/c1-6-4-7(5-9)8(6,2)3/h7H,1,4-5,9H2,2-3H3. The fourth-order valence-corrected chi connectivity index (χ4v) is 1.35. The number of rotatable bonds is 1. The van der Waals surface area contributed by atoms with Gasteiger partial charge in [0.1, 0.15) is 0 Å². The van der Waals surface area contributed by atoms with Gasteiger partial charge < -0.3 is 5.73 Å². The van der Waals surface area contributed by atoms with Gasteiger partial charge in [-0.15, -0.1) is 0 Å². The lowest BCUT2D eigenvalue weighted by atomic mass is 9.59. The topological polar surface area (TPSA) is 26.0 Å². The van der Waals surface area contributed by atoms with Crippen molar-refractivity contribution in [3.63, 3.8) is 0 Å². The SMILES string of the molecule is C=C1CC(CN)C1(C)C. The first-order chi connectivity index (χ1) is 4.09. The monoisotopic (exact) mass is 125 g/mol. The Hall–Kier alpha value is -0.300. The molecule has 1 aliphatic rings. The molecule has 2 N–H and O–H groups in total. The highest BCUT2D eigenvalue weighted by Crippen LogP contribution is 2.48. The van der Waals surface area contributed by atoms with Crippen molar-refractivity contribution < 1.29 is 0 Å². The molecule has 1 saturated carbocycles. The lowest BCUT2D eigenvalue weighted by Gasteiger charge is -2.46.